The van der Waals surface area contributed by atoms with Gasteiger partial charge in [0.05, 0.1) is 10.6 Å². The molecular weight excluding hydrogens is 309 g/mol. The van der Waals surface area contributed by atoms with Gasteiger partial charge in [0.25, 0.3) is 0 Å². The lowest BCUT2D eigenvalue weighted by Gasteiger charge is -2.09. The van der Waals surface area contributed by atoms with Crippen LogP contribution >= 0.6 is 11.6 Å². The Balaban J connectivity index is 2.25. The van der Waals surface area contributed by atoms with Crippen LogP contribution in [0.3, 0.4) is 0 Å². The van der Waals surface area contributed by atoms with Crippen LogP contribution < -0.4 is 5.32 Å². The van der Waals surface area contributed by atoms with Gasteiger partial charge >= 0.3 is 5.69 Å². The number of benzene rings is 2. The maximum Gasteiger partial charge on any atom is 0.307 e. The van der Waals surface area contributed by atoms with Crippen LogP contribution in [-0.2, 0) is 6.54 Å². The first-order valence-corrected chi connectivity index (χ1v) is 6.07. The van der Waals surface area contributed by atoms with E-state index in [0.717, 1.165) is 6.07 Å². The summed E-state index contributed by atoms with van der Waals surface area (Å²) in [5.74, 6) is -2.86. The minimum Gasteiger partial charge on any atom is -0.378 e. The normalized spacial score (nSPS) is 10.5. The Hall–Kier alpha value is -2.28. The SMILES string of the molecule is O=[N+]([O-])c1cc(NCc2cc(Cl)ccc2F)c(F)cc1F. The van der Waals surface area contributed by atoms with Crippen molar-refractivity contribution in [2.45, 2.75) is 6.54 Å². The van der Waals surface area contributed by atoms with Crippen molar-refractivity contribution in [1.29, 1.82) is 0 Å². The molecule has 0 saturated heterocycles. The van der Waals surface area contributed by atoms with E-state index in [1.54, 1.807) is 0 Å². The van der Waals surface area contributed by atoms with Crippen molar-refractivity contribution in [3.05, 3.63) is 68.5 Å². The topological polar surface area (TPSA) is 55.2 Å². The van der Waals surface area contributed by atoms with E-state index in [4.69, 9.17) is 11.6 Å². The molecule has 0 bridgehead atoms. The number of hydrogen-bond donors (Lipinski definition) is 1. The standard InChI is InChI=1S/C13H8ClF3N2O2/c14-8-1-2-9(15)7(3-8)6-18-12-5-13(19(20)21)11(17)4-10(12)16/h1-5,18H,6H2. The van der Waals surface area contributed by atoms with Gasteiger partial charge in [-0.2, -0.15) is 4.39 Å². The Morgan fingerprint density at radius 1 is 1.10 bits per heavy atom. The molecule has 1 N–H and O–H groups in total. The summed E-state index contributed by atoms with van der Waals surface area (Å²) in [6, 6.07) is 4.94. The molecule has 0 aliphatic rings. The summed E-state index contributed by atoms with van der Waals surface area (Å²) in [7, 11) is 0. The van der Waals surface area contributed by atoms with Crippen LogP contribution in [0.1, 0.15) is 5.56 Å². The molecule has 110 valence electrons. The van der Waals surface area contributed by atoms with Gasteiger partial charge < -0.3 is 5.32 Å². The molecule has 2 aromatic rings. The highest BCUT2D eigenvalue weighted by Crippen LogP contribution is 2.26. The first-order valence-electron chi connectivity index (χ1n) is 5.69. The lowest BCUT2D eigenvalue weighted by atomic mass is 10.2. The molecule has 4 nitrogen and oxygen atoms in total. The number of nitrogens with one attached hydrogen (secondary N) is 1. The van der Waals surface area contributed by atoms with Gasteiger partial charge in [0.1, 0.15) is 11.6 Å². The van der Waals surface area contributed by atoms with Crippen molar-refractivity contribution < 1.29 is 18.1 Å². The Morgan fingerprint density at radius 3 is 2.48 bits per heavy atom. The summed E-state index contributed by atoms with van der Waals surface area (Å²) in [4.78, 5) is 9.62. The molecule has 0 spiro atoms. The van der Waals surface area contributed by atoms with Crippen LogP contribution in [0, 0.1) is 27.6 Å². The van der Waals surface area contributed by atoms with Crippen LogP contribution in [0.25, 0.3) is 0 Å². The summed E-state index contributed by atoms with van der Waals surface area (Å²) >= 11 is 5.71. The van der Waals surface area contributed by atoms with Crippen molar-refractivity contribution in [3.8, 4) is 0 Å². The molecule has 0 amide bonds. The molecule has 0 aliphatic carbocycles. The molecule has 0 aliphatic heterocycles. The van der Waals surface area contributed by atoms with Gasteiger partial charge in [-0.25, -0.2) is 8.78 Å². The monoisotopic (exact) mass is 316 g/mol. The summed E-state index contributed by atoms with van der Waals surface area (Å²) in [5, 5.41) is 13.4. The predicted octanol–water partition coefficient (Wildman–Crippen LogP) is 4.28. The Morgan fingerprint density at radius 2 is 1.81 bits per heavy atom. The van der Waals surface area contributed by atoms with E-state index in [2.05, 4.69) is 5.32 Å². The van der Waals surface area contributed by atoms with Gasteiger partial charge in [-0.1, -0.05) is 11.6 Å². The van der Waals surface area contributed by atoms with E-state index in [0.29, 0.717) is 17.2 Å². The zero-order valence-corrected chi connectivity index (χ0v) is 11.1. The van der Waals surface area contributed by atoms with Gasteiger partial charge in [0.2, 0.25) is 5.82 Å². The van der Waals surface area contributed by atoms with E-state index < -0.39 is 28.1 Å². The Kier molecular flexibility index (Phi) is 4.32. The van der Waals surface area contributed by atoms with Crippen LogP contribution in [0.2, 0.25) is 5.02 Å². The summed E-state index contributed by atoms with van der Waals surface area (Å²) < 4.78 is 40.2. The minimum absolute atomic E-state index is 0.147. The van der Waals surface area contributed by atoms with E-state index in [9.17, 15) is 23.3 Å². The molecule has 0 unspecified atom stereocenters. The molecule has 0 atom stereocenters. The van der Waals surface area contributed by atoms with Crippen LogP contribution in [-0.4, -0.2) is 4.92 Å². The van der Waals surface area contributed by atoms with Gasteiger partial charge in [-0.05, 0) is 18.2 Å². The summed E-state index contributed by atoms with van der Waals surface area (Å²) in [6.45, 7) is -0.161. The molecule has 2 rings (SSSR count). The van der Waals surface area contributed by atoms with E-state index >= 15 is 0 Å². The van der Waals surface area contributed by atoms with Crippen molar-refractivity contribution in [3.63, 3.8) is 0 Å². The molecule has 21 heavy (non-hydrogen) atoms. The second kappa shape index (κ2) is 6.01. The highest BCUT2D eigenvalue weighted by atomic mass is 35.5. The molecule has 8 heteroatoms. The fourth-order valence-electron chi connectivity index (χ4n) is 1.68. The fraction of sp³-hybridized carbons (Fsp3) is 0.0769. The lowest BCUT2D eigenvalue weighted by Crippen LogP contribution is -2.05. The molecule has 0 radical (unpaired) electrons. The predicted molar refractivity (Wildman–Crippen MR) is 71.7 cm³/mol. The average molecular weight is 317 g/mol. The molecule has 0 saturated carbocycles. The third kappa shape index (κ3) is 3.43. The molecular formula is C13H8ClF3N2O2. The van der Waals surface area contributed by atoms with Crippen LogP contribution in [0.15, 0.2) is 30.3 Å². The first kappa shape index (κ1) is 15.1. The zero-order valence-electron chi connectivity index (χ0n) is 10.4. The van der Waals surface area contributed by atoms with Crippen LogP contribution in [0.5, 0.6) is 0 Å². The Bertz CT molecular complexity index is 710. The van der Waals surface area contributed by atoms with Gasteiger partial charge in [0.15, 0.2) is 0 Å². The van der Waals surface area contributed by atoms with Crippen molar-refractivity contribution in [2.24, 2.45) is 0 Å². The second-order valence-corrected chi connectivity index (χ2v) is 4.57. The van der Waals surface area contributed by atoms with E-state index in [1.165, 1.54) is 12.1 Å². The highest BCUT2D eigenvalue weighted by molar-refractivity contribution is 6.30. The molecule has 2 aromatic carbocycles. The number of halogens is 4. The lowest BCUT2D eigenvalue weighted by molar-refractivity contribution is -0.387. The first-order chi connectivity index (χ1) is 9.88. The molecule has 0 heterocycles. The summed E-state index contributed by atoms with van der Waals surface area (Å²) in [6.07, 6.45) is 0. The fourth-order valence-corrected chi connectivity index (χ4v) is 1.88. The van der Waals surface area contributed by atoms with Gasteiger partial charge in [0, 0.05) is 29.3 Å². The number of nitro benzene ring substituents is 1. The molecule has 0 aromatic heterocycles. The number of nitrogens with zero attached hydrogens (tertiary/aromatic N) is 1. The van der Waals surface area contributed by atoms with Crippen LogP contribution in [0.4, 0.5) is 24.5 Å². The highest BCUT2D eigenvalue weighted by Gasteiger charge is 2.18. The van der Waals surface area contributed by atoms with Gasteiger partial charge in [-0.15, -0.1) is 0 Å². The van der Waals surface area contributed by atoms with E-state index in [-0.39, 0.29) is 17.8 Å². The number of hydrogen-bond acceptors (Lipinski definition) is 3. The third-order valence-electron chi connectivity index (χ3n) is 2.71. The minimum atomic E-state index is -1.28. The Labute approximate surface area is 122 Å². The van der Waals surface area contributed by atoms with Crippen molar-refractivity contribution in [1.82, 2.24) is 0 Å². The number of nitro groups is 1. The second-order valence-electron chi connectivity index (χ2n) is 4.13. The van der Waals surface area contributed by atoms with Gasteiger partial charge in [-0.3, -0.25) is 10.1 Å². The molecule has 0 fully saturated rings. The number of rotatable bonds is 4. The van der Waals surface area contributed by atoms with Crippen molar-refractivity contribution in [2.75, 3.05) is 5.32 Å². The largest absolute Gasteiger partial charge is 0.378 e. The van der Waals surface area contributed by atoms with E-state index in [1.807, 2.05) is 0 Å². The third-order valence-corrected chi connectivity index (χ3v) is 2.95. The number of anilines is 1. The zero-order chi connectivity index (χ0) is 15.6. The smallest absolute Gasteiger partial charge is 0.307 e. The summed E-state index contributed by atoms with van der Waals surface area (Å²) in [5.41, 5.74) is -1.03. The maximum atomic E-state index is 13.5. The quantitative estimate of drug-likeness (QED) is 0.676. The maximum absolute atomic E-state index is 13.5. The average Bonchev–Trinajstić information content (AvgIpc) is 2.41. The van der Waals surface area contributed by atoms with Crippen molar-refractivity contribution >= 4 is 23.0 Å².